The molecule has 288 valence electrons. The Balaban J connectivity index is 2.57. The van der Waals surface area contributed by atoms with Crippen molar-refractivity contribution in [3.63, 3.8) is 0 Å². The van der Waals surface area contributed by atoms with Crippen molar-refractivity contribution in [1.29, 1.82) is 0 Å². The van der Waals surface area contributed by atoms with Gasteiger partial charge >= 0.3 is 0 Å². The Morgan fingerprint density at radius 3 is 0.941 bits per heavy atom. The van der Waals surface area contributed by atoms with E-state index in [1.165, 1.54) is 10.4 Å². The van der Waals surface area contributed by atoms with Gasteiger partial charge < -0.3 is 10.2 Å². The maximum atomic E-state index is 11.8. The van der Waals surface area contributed by atoms with E-state index in [1.54, 1.807) is 0 Å². The Morgan fingerprint density at radius 1 is 0.451 bits per heavy atom. The van der Waals surface area contributed by atoms with Crippen molar-refractivity contribution in [2.24, 2.45) is 15.4 Å². The molecule has 8 heteroatoms. The lowest BCUT2D eigenvalue weighted by molar-refractivity contribution is 0.396. The standard InChI is InChI=1S/C43H78N2O2Si4/c1-39(2,3)48(15,16)33-23-31(37(46)35(25-33)50(19,20)41(7,8)9)27-44-29-43(13,14)30-45-28-32-24-34(49(17,18)40(4,5)6)26-36(38(32)47)51(21,22)42(10,11)12/h23-28,46-47H,29-30H2,1-22H3. The highest BCUT2D eigenvalue weighted by molar-refractivity contribution is 6.96. The van der Waals surface area contributed by atoms with Crippen molar-refractivity contribution in [2.75, 3.05) is 13.1 Å². The molecule has 0 saturated heterocycles. The first-order valence-electron chi connectivity index (χ1n) is 19.2. The zero-order valence-corrected chi connectivity index (χ0v) is 41.2. The van der Waals surface area contributed by atoms with Gasteiger partial charge in [-0.05, 0) is 30.5 Å². The summed E-state index contributed by atoms with van der Waals surface area (Å²) in [4.78, 5) is 9.94. The van der Waals surface area contributed by atoms with Crippen LogP contribution < -0.4 is 20.7 Å². The van der Waals surface area contributed by atoms with Crippen LogP contribution in [0.3, 0.4) is 0 Å². The van der Waals surface area contributed by atoms with E-state index in [0.29, 0.717) is 24.6 Å². The molecule has 2 rings (SSSR count). The molecule has 0 aromatic heterocycles. The second-order valence-corrected chi connectivity index (χ2v) is 43.8. The van der Waals surface area contributed by atoms with Crippen LogP contribution in [0.25, 0.3) is 0 Å². The van der Waals surface area contributed by atoms with E-state index >= 15 is 0 Å². The van der Waals surface area contributed by atoms with Crippen LogP contribution in [0.5, 0.6) is 11.5 Å². The van der Waals surface area contributed by atoms with Crippen molar-refractivity contribution < 1.29 is 10.2 Å². The molecule has 0 atom stereocenters. The predicted molar refractivity (Wildman–Crippen MR) is 242 cm³/mol. The number of phenols is 2. The normalized spacial score (nSPS) is 15.0. The lowest BCUT2D eigenvalue weighted by atomic mass is 9.94. The zero-order chi connectivity index (χ0) is 40.2. The van der Waals surface area contributed by atoms with Crippen molar-refractivity contribution in [2.45, 2.75) is 169 Å². The van der Waals surface area contributed by atoms with E-state index in [0.717, 1.165) is 21.5 Å². The van der Waals surface area contributed by atoms with Crippen LogP contribution in [0.2, 0.25) is 72.5 Å². The predicted octanol–water partition coefficient (Wildman–Crippen LogP) is 10.5. The van der Waals surface area contributed by atoms with Gasteiger partial charge in [-0.2, -0.15) is 0 Å². The van der Waals surface area contributed by atoms with E-state index in [9.17, 15) is 10.2 Å². The van der Waals surface area contributed by atoms with Gasteiger partial charge in [-0.25, -0.2) is 0 Å². The average molecular weight is 767 g/mol. The summed E-state index contributed by atoms with van der Waals surface area (Å²) < 4.78 is 0. The number of hydrogen-bond acceptors (Lipinski definition) is 4. The van der Waals surface area contributed by atoms with Crippen molar-refractivity contribution in [3.05, 3.63) is 35.4 Å². The molecule has 2 aromatic carbocycles. The maximum absolute atomic E-state index is 11.8. The number of benzene rings is 2. The summed E-state index contributed by atoms with van der Waals surface area (Å²) in [6.45, 7) is 52.9. The van der Waals surface area contributed by atoms with E-state index < -0.39 is 32.3 Å². The average Bonchev–Trinajstić information content (AvgIpc) is 2.91. The number of hydrogen-bond donors (Lipinski definition) is 2. The molecule has 4 nitrogen and oxygen atoms in total. The molecular formula is C43H78N2O2Si4. The smallest absolute Gasteiger partial charge is 0.123 e. The third-order valence-electron chi connectivity index (χ3n) is 14.1. The molecule has 0 saturated carbocycles. The Bertz CT molecular complexity index is 1500. The number of nitrogens with zero attached hydrogens (tertiary/aromatic N) is 2. The molecule has 2 N–H and O–H groups in total. The Labute approximate surface area is 319 Å². The fourth-order valence-corrected chi connectivity index (χ4v) is 13.9. The minimum absolute atomic E-state index is 0.0923. The van der Waals surface area contributed by atoms with Gasteiger partial charge in [0.2, 0.25) is 0 Å². The number of phenolic OH excluding ortho intramolecular Hbond substituents is 2. The van der Waals surface area contributed by atoms with Crippen molar-refractivity contribution in [3.8, 4) is 11.5 Å². The fraction of sp³-hybridized carbons (Fsp3) is 0.674. The third kappa shape index (κ3) is 9.50. The van der Waals surface area contributed by atoms with Gasteiger partial charge in [0.15, 0.2) is 0 Å². The molecule has 0 bridgehead atoms. The van der Waals surface area contributed by atoms with E-state index in [2.05, 4.69) is 174 Å². The molecule has 0 aliphatic heterocycles. The molecule has 0 heterocycles. The molecule has 51 heavy (non-hydrogen) atoms. The zero-order valence-electron chi connectivity index (χ0n) is 37.2. The largest absolute Gasteiger partial charge is 0.507 e. The quantitative estimate of drug-likeness (QED) is 0.187. The van der Waals surface area contributed by atoms with E-state index in [4.69, 9.17) is 9.98 Å². The van der Waals surface area contributed by atoms with Gasteiger partial charge in [0.1, 0.15) is 11.5 Å². The molecule has 0 spiro atoms. The molecule has 0 radical (unpaired) electrons. The van der Waals surface area contributed by atoms with Crippen LogP contribution in [0, 0.1) is 5.41 Å². The monoisotopic (exact) mass is 767 g/mol. The highest BCUT2D eigenvalue weighted by atomic mass is 28.3. The van der Waals surface area contributed by atoms with Crippen LogP contribution in [-0.4, -0.2) is 68.0 Å². The van der Waals surface area contributed by atoms with Gasteiger partial charge in [-0.1, -0.05) is 184 Å². The summed E-state index contributed by atoms with van der Waals surface area (Å²) in [5, 5.41) is 29.1. The molecular weight excluding hydrogens is 689 g/mol. The van der Waals surface area contributed by atoms with Crippen molar-refractivity contribution >= 4 is 65.5 Å². The van der Waals surface area contributed by atoms with Crippen molar-refractivity contribution in [1.82, 2.24) is 0 Å². The first-order chi connectivity index (χ1) is 22.4. The molecule has 0 aliphatic carbocycles. The summed E-state index contributed by atoms with van der Waals surface area (Å²) >= 11 is 0. The van der Waals surface area contributed by atoms with Gasteiger partial charge in [-0.3, -0.25) is 9.98 Å². The van der Waals surface area contributed by atoms with E-state index in [-0.39, 0.29) is 25.6 Å². The second kappa shape index (κ2) is 14.5. The van der Waals surface area contributed by atoms with Gasteiger partial charge in [0.25, 0.3) is 0 Å². The van der Waals surface area contributed by atoms with Gasteiger partial charge in [0.05, 0.1) is 32.3 Å². The lowest BCUT2D eigenvalue weighted by Crippen LogP contribution is -2.55. The number of aliphatic imine (C=N–C) groups is 2. The first kappa shape index (κ1) is 45.4. The Hall–Kier alpha value is -1.75. The van der Waals surface area contributed by atoms with Crippen LogP contribution in [0.4, 0.5) is 0 Å². The minimum Gasteiger partial charge on any atom is -0.507 e. The molecule has 0 amide bonds. The SMILES string of the molecule is CC(C)(CN=Cc1cc([Si](C)(C)C(C)(C)C)cc([Si](C)(C)C(C)(C)C)c1O)CN=Cc1cc([Si](C)(C)C(C)(C)C)cc([Si](C)(C)C(C)(C)C)c1O. The number of aromatic hydroxyl groups is 2. The minimum atomic E-state index is -2.03. The van der Waals surface area contributed by atoms with Crippen LogP contribution in [-0.2, 0) is 0 Å². The molecule has 2 aromatic rings. The summed E-state index contributed by atoms with van der Waals surface area (Å²) in [6, 6.07) is 9.14. The maximum Gasteiger partial charge on any atom is 0.123 e. The molecule has 0 fully saturated rings. The fourth-order valence-electron chi connectivity index (χ4n) is 5.69. The lowest BCUT2D eigenvalue weighted by Gasteiger charge is -2.41. The highest BCUT2D eigenvalue weighted by Gasteiger charge is 2.44. The third-order valence-corrected chi connectivity index (χ3v) is 36.0. The topological polar surface area (TPSA) is 65.2 Å². The summed E-state index contributed by atoms with van der Waals surface area (Å²) in [5.41, 5.74) is 1.46. The summed E-state index contributed by atoms with van der Waals surface area (Å²) in [7, 11) is -7.82. The number of rotatable bonds is 10. The van der Waals surface area contributed by atoms with Crippen LogP contribution in [0.1, 0.15) is 108 Å². The van der Waals surface area contributed by atoms with Gasteiger partial charge in [-0.15, -0.1) is 0 Å². The van der Waals surface area contributed by atoms with Gasteiger partial charge in [0, 0.05) is 42.1 Å². The highest BCUT2D eigenvalue weighted by Crippen LogP contribution is 2.41. The first-order valence-corrected chi connectivity index (χ1v) is 31.2. The summed E-state index contributed by atoms with van der Waals surface area (Å²) in [6.07, 6.45) is 3.82. The van der Waals surface area contributed by atoms with Crippen LogP contribution >= 0.6 is 0 Å². The Kier molecular flexibility index (Phi) is 12.9. The van der Waals surface area contributed by atoms with Crippen LogP contribution in [0.15, 0.2) is 34.3 Å². The molecule has 0 unspecified atom stereocenters. The molecule has 0 aliphatic rings. The van der Waals surface area contributed by atoms with E-state index in [1.807, 2.05) is 12.4 Å². The second-order valence-electron chi connectivity index (χ2n) is 22.5. The summed E-state index contributed by atoms with van der Waals surface area (Å²) in [5.74, 6) is 0.802. The Morgan fingerprint density at radius 2 is 0.706 bits per heavy atom.